The number of carbonyl (C=O) groups is 3. The highest BCUT2D eigenvalue weighted by Crippen LogP contribution is 2.15. The predicted octanol–water partition coefficient (Wildman–Crippen LogP) is 17.1. The van der Waals surface area contributed by atoms with Gasteiger partial charge in [-0.2, -0.15) is 0 Å². The fourth-order valence-electron chi connectivity index (χ4n) is 7.59. The summed E-state index contributed by atoms with van der Waals surface area (Å²) >= 11 is 0. The van der Waals surface area contributed by atoms with Crippen molar-refractivity contribution in [2.75, 3.05) is 47.5 Å². The highest BCUT2D eigenvalue weighted by Gasteiger charge is 2.25. The molecule has 0 spiro atoms. The van der Waals surface area contributed by atoms with Crippen molar-refractivity contribution in [3.63, 3.8) is 0 Å². The molecule has 0 heterocycles. The van der Waals surface area contributed by atoms with Crippen LogP contribution in [0.25, 0.3) is 0 Å². The van der Waals surface area contributed by atoms with Gasteiger partial charge in [0.1, 0.15) is 13.2 Å². The lowest BCUT2D eigenvalue weighted by Gasteiger charge is -2.25. The van der Waals surface area contributed by atoms with Crippen LogP contribution < -0.4 is 0 Å². The maximum Gasteiger partial charge on any atom is 0.361 e. The first-order valence-electron chi connectivity index (χ1n) is 29.1. The Balaban J connectivity index is 3.98. The van der Waals surface area contributed by atoms with Crippen LogP contribution in [0.15, 0.2) is 109 Å². The van der Waals surface area contributed by atoms with Crippen molar-refractivity contribution in [2.24, 2.45) is 0 Å². The molecule has 0 aromatic heterocycles. The van der Waals surface area contributed by atoms with Gasteiger partial charge in [0.25, 0.3) is 6.29 Å². The zero-order valence-electron chi connectivity index (χ0n) is 47.3. The van der Waals surface area contributed by atoms with Crippen molar-refractivity contribution in [2.45, 2.75) is 232 Å². The van der Waals surface area contributed by atoms with Crippen LogP contribution in [0, 0.1) is 0 Å². The van der Waals surface area contributed by atoms with E-state index in [1.54, 1.807) is 0 Å². The van der Waals surface area contributed by atoms with Crippen molar-refractivity contribution in [1.29, 1.82) is 0 Å². The standard InChI is InChI=1S/C64H107NO8/c1-6-8-10-12-14-15-16-17-18-19-20-21-22-23-24-25-26-27-28-29-30-31-32-33-34-35-36-37-38-39-40-41-42-43-44-45-46-47-49-51-53-55-62(67)73-60(58-71-61(66)54-52-50-48-13-11-9-7-2)59-72-64(63(68)69)70-57-56-65(3,4)5/h8,10,14-15,17-18,20-21,23-24,26-27,29-30,32-33,35-36,60,64H,6-7,9,11-13,16,19,22,25,28,31,34,37-59H2,1-5H3/p+1/b10-8-,15-14-,18-17-,21-20-,24-23-,27-26-,30-29-,33-32-,36-35-. The van der Waals surface area contributed by atoms with Crippen LogP contribution in [0.4, 0.5) is 0 Å². The average Bonchev–Trinajstić information content (AvgIpc) is 3.36. The summed E-state index contributed by atoms with van der Waals surface area (Å²) in [5.74, 6) is -2.02. The largest absolute Gasteiger partial charge is 0.477 e. The summed E-state index contributed by atoms with van der Waals surface area (Å²) in [6.07, 6.45) is 72.1. The number of hydrogen-bond donors (Lipinski definition) is 1. The van der Waals surface area contributed by atoms with E-state index in [0.717, 1.165) is 96.3 Å². The average molecular weight is 1020 g/mol. The van der Waals surface area contributed by atoms with Gasteiger partial charge >= 0.3 is 17.9 Å². The zero-order valence-corrected chi connectivity index (χ0v) is 47.3. The SMILES string of the molecule is CC/C=C\C/C=C\C/C=C\C/C=C\C/C=C\C/C=C\C/C=C\C/C=C\C/C=C\CCCCCCCCCCCCCCCC(=O)OC(COC(=O)CCCCCCCCC)COC(OCC[N+](C)(C)C)C(=O)O. The molecule has 416 valence electrons. The molecule has 0 aromatic carbocycles. The minimum Gasteiger partial charge on any atom is -0.477 e. The highest BCUT2D eigenvalue weighted by molar-refractivity contribution is 5.71. The molecule has 0 bridgehead atoms. The number of likely N-dealkylation sites (N-methyl/N-ethyl adjacent to an activating group) is 1. The number of carboxylic acid groups (broad SMARTS) is 1. The fraction of sp³-hybridized carbons (Fsp3) is 0.672. The maximum atomic E-state index is 12.8. The topological polar surface area (TPSA) is 108 Å². The Morgan fingerprint density at radius 2 is 0.781 bits per heavy atom. The molecular formula is C64H108NO8+. The Labute approximate surface area is 447 Å². The Morgan fingerprint density at radius 1 is 0.425 bits per heavy atom. The van der Waals surface area contributed by atoms with Crippen molar-refractivity contribution in [1.82, 2.24) is 0 Å². The van der Waals surface area contributed by atoms with E-state index in [1.165, 1.54) is 89.9 Å². The van der Waals surface area contributed by atoms with Gasteiger partial charge in [-0.15, -0.1) is 0 Å². The van der Waals surface area contributed by atoms with Gasteiger partial charge in [0.2, 0.25) is 0 Å². The van der Waals surface area contributed by atoms with Crippen molar-refractivity contribution >= 4 is 17.9 Å². The molecule has 2 atom stereocenters. The molecule has 9 nitrogen and oxygen atoms in total. The van der Waals surface area contributed by atoms with Crippen LogP contribution in [0.1, 0.15) is 219 Å². The third kappa shape index (κ3) is 55.5. The smallest absolute Gasteiger partial charge is 0.361 e. The van der Waals surface area contributed by atoms with E-state index in [-0.39, 0.29) is 32.2 Å². The Hall–Kier alpha value is -4.05. The Kier molecular flexibility index (Phi) is 51.2. The summed E-state index contributed by atoms with van der Waals surface area (Å²) in [4.78, 5) is 37.1. The summed E-state index contributed by atoms with van der Waals surface area (Å²) in [6.45, 7) is 4.70. The first-order chi connectivity index (χ1) is 35.6. The van der Waals surface area contributed by atoms with Gasteiger partial charge in [0.15, 0.2) is 6.10 Å². The lowest BCUT2D eigenvalue weighted by atomic mass is 10.0. The zero-order chi connectivity index (χ0) is 53.4. The van der Waals surface area contributed by atoms with Gasteiger partial charge in [-0.25, -0.2) is 4.79 Å². The second-order valence-electron chi connectivity index (χ2n) is 20.2. The van der Waals surface area contributed by atoms with Crippen molar-refractivity contribution in [3.8, 4) is 0 Å². The summed E-state index contributed by atoms with van der Waals surface area (Å²) < 4.78 is 22.7. The van der Waals surface area contributed by atoms with E-state index in [2.05, 4.69) is 123 Å². The second-order valence-corrected chi connectivity index (χ2v) is 20.2. The molecule has 0 rings (SSSR count). The number of unbranched alkanes of at least 4 members (excludes halogenated alkanes) is 19. The number of esters is 2. The lowest BCUT2D eigenvalue weighted by molar-refractivity contribution is -0.870. The van der Waals surface area contributed by atoms with E-state index in [4.69, 9.17) is 18.9 Å². The molecule has 0 saturated heterocycles. The molecular weight excluding hydrogens is 911 g/mol. The molecule has 0 amide bonds. The molecule has 1 N–H and O–H groups in total. The molecule has 2 unspecified atom stereocenters. The maximum absolute atomic E-state index is 12.8. The number of ether oxygens (including phenoxy) is 4. The first-order valence-corrected chi connectivity index (χ1v) is 29.1. The molecule has 0 fully saturated rings. The van der Waals surface area contributed by atoms with Crippen molar-refractivity contribution in [3.05, 3.63) is 109 Å². The van der Waals surface area contributed by atoms with E-state index in [0.29, 0.717) is 23.9 Å². The Bertz CT molecular complexity index is 1560. The quantitative estimate of drug-likeness (QED) is 0.0211. The molecule has 0 saturated carbocycles. The number of quaternary nitrogens is 1. The number of rotatable bonds is 52. The second kappa shape index (κ2) is 54.2. The third-order valence-electron chi connectivity index (χ3n) is 12.0. The summed E-state index contributed by atoms with van der Waals surface area (Å²) in [5, 5.41) is 9.64. The van der Waals surface area contributed by atoms with E-state index in [1.807, 2.05) is 21.1 Å². The van der Waals surface area contributed by atoms with E-state index >= 15 is 0 Å². The van der Waals surface area contributed by atoms with Gasteiger partial charge in [-0.1, -0.05) is 232 Å². The normalized spacial score (nSPS) is 13.6. The van der Waals surface area contributed by atoms with Crippen molar-refractivity contribution < 1.29 is 42.9 Å². The summed E-state index contributed by atoms with van der Waals surface area (Å²) in [7, 11) is 5.95. The summed E-state index contributed by atoms with van der Waals surface area (Å²) in [6, 6.07) is 0. The monoisotopic (exact) mass is 1020 g/mol. The number of aliphatic carboxylic acids is 1. The minimum absolute atomic E-state index is 0.185. The van der Waals surface area contributed by atoms with E-state index in [9.17, 15) is 19.5 Å². The van der Waals surface area contributed by atoms with Crippen LogP contribution >= 0.6 is 0 Å². The molecule has 9 heteroatoms. The molecule has 0 aromatic rings. The predicted molar refractivity (Wildman–Crippen MR) is 308 cm³/mol. The van der Waals surface area contributed by atoms with Gasteiger partial charge < -0.3 is 28.5 Å². The number of carboxylic acids is 1. The van der Waals surface area contributed by atoms with Gasteiger partial charge in [-0.3, -0.25) is 9.59 Å². The molecule has 0 aliphatic rings. The molecule has 0 aliphatic carbocycles. The van der Waals surface area contributed by atoms with Crippen LogP contribution in [0.3, 0.4) is 0 Å². The van der Waals surface area contributed by atoms with E-state index < -0.39 is 24.3 Å². The molecule has 0 aliphatic heterocycles. The highest BCUT2D eigenvalue weighted by atomic mass is 16.7. The number of carbonyl (C=O) groups excluding carboxylic acids is 2. The number of nitrogens with zero attached hydrogens (tertiary/aromatic N) is 1. The van der Waals surface area contributed by atoms with Crippen LogP contribution in [0.2, 0.25) is 0 Å². The fourth-order valence-corrected chi connectivity index (χ4v) is 7.59. The van der Waals surface area contributed by atoms with Crippen LogP contribution in [0.5, 0.6) is 0 Å². The third-order valence-corrected chi connectivity index (χ3v) is 12.0. The first kappa shape index (κ1) is 69.0. The number of allylic oxidation sites excluding steroid dienone is 18. The summed E-state index contributed by atoms with van der Waals surface area (Å²) in [5.41, 5.74) is 0. The number of hydrogen-bond acceptors (Lipinski definition) is 7. The lowest BCUT2D eigenvalue weighted by Crippen LogP contribution is -2.40. The van der Waals surface area contributed by atoms with Gasteiger partial charge in [-0.05, 0) is 83.5 Å². The molecule has 73 heavy (non-hydrogen) atoms. The minimum atomic E-state index is -1.51. The molecule has 0 radical (unpaired) electrons. The van der Waals surface area contributed by atoms with Gasteiger partial charge in [0.05, 0.1) is 34.4 Å². The van der Waals surface area contributed by atoms with Gasteiger partial charge in [0, 0.05) is 12.8 Å². The Morgan fingerprint density at radius 3 is 1.16 bits per heavy atom. The van der Waals surface area contributed by atoms with Crippen LogP contribution in [-0.4, -0.2) is 87.4 Å². The van der Waals surface area contributed by atoms with Crippen LogP contribution in [-0.2, 0) is 33.3 Å².